The molecule has 18 rings (SSSR count). The van der Waals surface area contributed by atoms with E-state index >= 15 is 0 Å². The summed E-state index contributed by atoms with van der Waals surface area (Å²) >= 11 is 0. The molecular formula is C78H54N4O. The SMILES string of the molecule is C1=C(n2c3ccccc3c3cc(-c4cccc5c4c4ccccc4n5-c4ccc(-c5ccc(-n6c7ccccc7c7ccccc76)cc5)cc4)ccc32)CCc2oc3c(c21)CC(c1ccc2c(c1)c1ccccc1n2-c1ccccc1)CC3. The molecule has 0 spiro atoms. The predicted octanol–water partition coefficient (Wildman–Crippen LogP) is 20.2. The summed E-state index contributed by atoms with van der Waals surface area (Å²) in [5.74, 6) is 2.74. The van der Waals surface area contributed by atoms with Gasteiger partial charge in [-0.25, -0.2) is 0 Å². The Bertz CT molecular complexity index is 5290. The number of aryl methyl sites for hydroxylation is 2. The zero-order valence-electron chi connectivity index (χ0n) is 45.6. The molecule has 0 saturated heterocycles. The van der Waals surface area contributed by atoms with E-state index in [2.05, 4.69) is 279 Å². The summed E-state index contributed by atoms with van der Waals surface area (Å²) in [6.07, 6.45) is 7.30. The molecule has 0 amide bonds. The van der Waals surface area contributed by atoms with E-state index in [1.54, 1.807) is 0 Å². The number of furan rings is 1. The zero-order valence-corrected chi connectivity index (χ0v) is 45.6. The van der Waals surface area contributed by atoms with Gasteiger partial charge < -0.3 is 22.7 Å². The molecule has 11 aromatic carbocycles. The molecule has 2 aliphatic rings. The fourth-order valence-electron chi connectivity index (χ4n) is 14.9. The van der Waals surface area contributed by atoms with Gasteiger partial charge >= 0.3 is 0 Å². The lowest BCUT2D eigenvalue weighted by Crippen LogP contribution is -2.12. The fraction of sp³-hybridized carbons (Fsp3) is 0.0769. The molecule has 5 heteroatoms. The largest absolute Gasteiger partial charge is 0.465 e. The van der Waals surface area contributed by atoms with Crippen LogP contribution in [0.25, 0.3) is 138 Å². The molecule has 0 fully saturated rings. The van der Waals surface area contributed by atoms with Crippen LogP contribution >= 0.6 is 0 Å². The van der Waals surface area contributed by atoms with Gasteiger partial charge in [0.05, 0.1) is 44.1 Å². The maximum atomic E-state index is 6.79. The Hall–Kier alpha value is -10.4. The van der Waals surface area contributed by atoms with Gasteiger partial charge in [-0.2, -0.15) is 0 Å². The van der Waals surface area contributed by atoms with Gasteiger partial charge in [-0.1, -0.05) is 158 Å². The van der Waals surface area contributed by atoms with Crippen LogP contribution in [0.2, 0.25) is 0 Å². The number of fused-ring (bicyclic) bond motifs is 15. The quantitative estimate of drug-likeness (QED) is 0.157. The number of benzene rings is 11. The predicted molar refractivity (Wildman–Crippen MR) is 346 cm³/mol. The molecule has 0 N–H and O–H groups in total. The van der Waals surface area contributed by atoms with Gasteiger partial charge in [0.1, 0.15) is 11.5 Å². The van der Waals surface area contributed by atoms with E-state index in [4.69, 9.17) is 4.42 Å². The van der Waals surface area contributed by atoms with E-state index in [1.165, 1.54) is 143 Å². The van der Waals surface area contributed by atoms with Crippen molar-refractivity contribution in [3.05, 3.63) is 283 Å². The maximum Gasteiger partial charge on any atom is 0.112 e. The average Bonchev–Trinajstić information content (AvgIpc) is 3.66. The van der Waals surface area contributed by atoms with E-state index in [-0.39, 0.29) is 0 Å². The molecule has 0 aliphatic heterocycles. The van der Waals surface area contributed by atoms with Crippen molar-refractivity contribution in [1.82, 2.24) is 18.3 Å². The molecule has 392 valence electrons. The number of aromatic nitrogens is 4. The van der Waals surface area contributed by atoms with Crippen LogP contribution in [0.3, 0.4) is 0 Å². The summed E-state index contributed by atoms with van der Waals surface area (Å²) in [6.45, 7) is 0. The smallest absolute Gasteiger partial charge is 0.112 e. The summed E-state index contributed by atoms with van der Waals surface area (Å²) in [5.41, 5.74) is 23.6. The van der Waals surface area contributed by atoms with Gasteiger partial charge in [-0.3, -0.25) is 0 Å². The van der Waals surface area contributed by atoms with E-state index in [1.807, 2.05) is 0 Å². The lowest BCUT2D eigenvalue weighted by molar-refractivity contribution is 0.430. The van der Waals surface area contributed by atoms with Crippen LogP contribution in [0.5, 0.6) is 0 Å². The van der Waals surface area contributed by atoms with E-state index in [0.29, 0.717) is 5.92 Å². The fourth-order valence-corrected chi connectivity index (χ4v) is 14.9. The van der Waals surface area contributed by atoms with Crippen LogP contribution in [0.1, 0.15) is 47.0 Å². The second-order valence-electron chi connectivity index (χ2n) is 23.0. The molecule has 5 nitrogen and oxygen atoms in total. The van der Waals surface area contributed by atoms with Crippen molar-refractivity contribution in [2.45, 2.75) is 38.0 Å². The van der Waals surface area contributed by atoms with Crippen molar-refractivity contribution in [3.63, 3.8) is 0 Å². The number of rotatable bonds is 7. The van der Waals surface area contributed by atoms with Crippen LogP contribution in [-0.4, -0.2) is 18.3 Å². The standard InChI is InChI=1S/C78H54N4O/c1-2-15-54(16-3-1)79-70-25-11-6-19-61(70)64-45-51(33-41-73(64)79)52-35-43-76-66(46-52)67-48-57(40-44-77(67)83-76)82-71-26-12-7-20-62(71)65-47-53(34-42-74(65)82)58-22-14-28-75-78(58)63-21-8-13-27-72(63)81(75)56-38-31-50(32-39-56)49-29-36-55(37-30-49)80-68-23-9-4-17-59(68)60-18-5-10-24-69(60)80/h1-34,36-39,41-42,45,47-48,52H,35,40,43-44,46H2. The monoisotopic (exact) mass is 1060 g/mol. The first-order chi connectivity index (χ1) is 41.2. The second-order valence-corrected chi connectivity index (χ2v) is 23.0. The van der Waals surface area contributed by atoms with E-state index < -0.39 is 0 Å². The molecular weight excluding hydrogens is 1010 g/mol. The normalized spacial score (nSPS) is 14.5. The summed E-state index contributed by atoms with van der Waals surface area (Å²) in [4.78, 5) is 0. The van der Waals surface area contributed by atoms with Crippen molar-refractivity contribution >= 4 is 99.0 Å². The molecule has 16 aromatic rings. The number of hydrogen-bond donors (Lipinski definition) is 0. The molecule has 0 bridgehead atoms. The third kappa shape index (κ3) is 7.01. The third-order valence-corrected chi connectivity index (χ3v) is 18.6. The Kier molecular flexibility index (Phi) is 10.1. The highest BCUT2D eigenvalue weighted by atomic mass is 16.3. The lowest BCUT2D eigenvalue weighted by atomic mass is 9.80. The first-order valence-electron chi connectivity index (χ1n) is 29.3. The van der Waals surface area contributed by atoms with Crippen molar-refractivity contribution < 1.29 is 4.42 Å². The number of nitrogens with zero attached hydrogens (tertiary/aromatic N) is 4. The van der Waals surface area contributed by atoms with Crippen LogP contribution in [0, 0.1) is 0 Å². The summed E-state index contributed by atoms with van der Waals surface area (Å²) in [6, 6.07) is 94.3. The first-order valence-corrected chi connectivity index (χ1v) is 29.3. The third-order valence-electron chi connectivity index (χ3n) is 18.6. The molecule has 1 unspecified atom stereocenters. The van der Waals surface area contributed by atoms with Gasteiger partial charge in [0, 0.05) is 89.8 Å². The number of allylic oxidation sites excluding steroid dienone is 1. The van der Waals surface area contributed by atoms with Crippen LogP contribution in [0.15, 0.2) is 259 Å². The molecule has 1 atom stereocenters. The Morgan fingerprint density at radius 2 is 0.795 bits per heavy atom. The maximum absolute atomic E-state index is 6.79. The minimum Gasteiger partial charge on any atom is -0.465 e. The summed E-state index contributed by atoms with van der Waals surface area (Å²) < 4.78 is 16.6. The molecule has 5 aromatic heterocycles. The van der Waals surface area contributed by atoms with Crippen molar-refractivity contribution in [2.75, 3.05) is 0 Å². The van der Waals surface area contributed by atoms with Crippen LogP contribution in [0.4, 0.5) is 0 Å². The highest BCUT2D eigenvalue weighted by Gasteiger charge is 2.31. The Morgan fingerprint density at radius 3 is 1.43 bits per heavy atom. The Labute approximate surface area is 479 Å². The Morgan fingerprint density at radius 1 is 0.325 bits per heavy atom. The topological polar surface area (TPSA) is 32.9 Å². The second kappa shape index (κ2) is 18.1. The van der Waals surface area contributed by atoms with Gasteiger partial charge in [0.2, 0.25) is 0 Å². The highest BCUT2D eigenvalue weighted by molar-refractivity contribution is 6.18. The molecule has 0 radical (unpaired) electrons. The molecule has 5 heterocycles. The van der Waals surface area contributed by atoms with Gasteiger partial charge in [0.25, 0.3) is 0 Å². The summed E-state index contributed by atoms with van der Waals surface area (Å²) in [5, 5.41) is 10.2. The van der Waals surface area contributed by atoms with Gasteiger partial charge in [0.15, 0.2) is 0 Å². The summed E-state index contributed by atoms with van der Waals surface area (Å²) in [7, 11) is 0. The van der Waals surface area contributed by atoms with Crippen LogP contribution < -0.4 is 0 Å². The van der Waals surface area contributed by atoms with E-state index in [9.17, 15) is 0 Å². The molecule has 2 aliphatic carbocycles. The lowest BCUT2D eigenvalue weighted by Gasteiger charge is -2.23. The van der Waals surface area contributed by atoms with E-state index in [0.717, 1.165) is 49.2 Å². The Balaban J connectivity index is 0.682. The average molecular weight is 1060 g/mol. The van der Waals surface area contributed by atoms with Crippen molar-refractivity contribution in [2.24, 2.45) is 0 Å². The minimum atomic E-state index is 0.408. The zero-order chi connectivity index (χ0) is 54.3. The van der Waals surface area contributed by atoms with Crippen molar-refractivity contribution in [1.29, 1.82) is 0 Å². The van der Waals surface area contributed by atoms with Gasteiger partial charge in [-0.05, 0) is 156 Å². The van der Waals surface area contributed by atoms with Crippen molar-refractivity contribution in [3.8, 4) is 39.3 Å². The first kappa shape index (κ1) is 46.4. The van der Waals surface area contributed by atoms with Gasteiger partial charge in [-0.15, -0.1) is 0 Å². The number of hydrogen-bond acceptors (Lipinski definition) is 1. The molecule has 83 heavy (non-hydrogen) atoms. The minimum absolute atomic E-state index is 0.408. The van der Waals surface area contributed by atoms with Crippen LogP contribution in [-0.2, 0) is 19.3 Å². The molecule has 0 saturated carbocycles. The highest BCUT2D eigenvalue weighted by Crippen LogP contribution is 2.46. The number of para-hydroxylation sites is 6.